The topological polar surface area (TPSA) is 89.0 Å². The Hall–Kier alpha value is -2.09. The Balaban J connectivity index is 1.95. The highest BCUT2D eigenvalue weighted by molar-refractivity contribution is 9.10. The van der Waals surface area contributed by atoms with Gasteiger partial charge in [0, 0.05) is 10.9 Å². The first-order valence-corrected chi connectivity index (χ1v) is 7.99. The van der Waals surface area contributed by atoms with Gasteiger partial charge in [0.2, 0.25) is 0 Å². The maximum absolute atomic E-state index is 12.1. The van der Waals surface area contributed by atoms with Crippen molar-refractivity contribution in [2.75, 3.05) is 0 Å². The number of alkyl carbamates (subject to hydrolysis) is 1. The Morgan fingerprint density at radius 2 is 2.22 bits per heavy atom. The van der Waals surface area contributed by atoms with Gasteiger partial charge in [-0.15, -0.1) is 0 Å². The molecule has 0 bridgehead atoms. The fraction of sp³-hybridized carbons (Fsp3) is 0.400. The number of aromatic nitrogens is 3. The number of hydrogen-bond acceptors (Lipinski definition) is 4. The largest absolute Gasteiger partial charge is 0.444 e. The lowest BCUT2D eigenvalue weighted by Gasteiger charge is -2.27. The van der Waals surface area contributed by atoms with Crippen LogP contribution in [0.2, 0.25) is 0 Å². The summed E-state index contributed by atoms with van der Waals surface area (Å²) in [4.78, 5) is 24.1. The van der Waals surface area contributed by atoms with Gasteiger partial charge in [0.05, 0.1) is 11.7 Å². The Kier molecular flexibility index (Phi) is 3.79. The molecular weight excluding hydrogens is 364 g/mol. The van der Waals surface area contributed by atoms with E-state index in [2.05, 4.69) is 31.4 Å². The van der Waals surface area contributed by atoms with Gasteiger partial charge < -0.3 is 10.1 Å². The number of nitrogens with one attached hydrogen (secondary N) is 2. The van der Waals surface area contributed by atoms with E-state index >= 15 is 0 Å². The van der Waals surface area contributed by atoms with Crippen LogP contribution in [0.15, 0.2) is 27.5 Å². The number of carbonyl (C=O) groups is 1. The molecule has 1 unspecified atom stereocenters. The van der Waals surface area contributed by atoms with Crippen LogP contribution >= 0.6 is 15.9 Å². The van der Waals surface area contributed by atoms with Crippen molar-refractivity contribution < 1.29 is 9.53 Å². The zero-order valence-corrected chi connectivity index (χ0v) is 14.6. The van der Waals surface area contributed by atoms with Gasteiger partial charge in [-0.3, -0.25) is 0 Å². The predicted octanol–water partition coefficient (Wildman–Crippen LogP) is 2.45. The molecule has 1 aromatic carbocycles. The van der Waals surface area contributed by atoms with Gasteiger partial charge in [-0.2, -0.15) is 5.10 Å². The summed E-state index contributed by atoms with van der Waals surface area (Å²) in [5.41, 5.74) is 0.783. The third-order valence-electron chi connectivity index (χ3n) is 3.41. The Bertz CT molecular complexity index is 819. The summed E-state index contributed by atoms with van der Waals surface area (Å²) in [7, 11) is 0. The highest BCUT2D eigenvalue weighted by atomic mass is 79.9. The molecule has 2 N–H and O–H groups in total. The van der Waals surface area contributed by atoms with Gasteiger partial charge >= 0.3 is 11.8 Å². The number of ether oxygens (including phenoxy) is 1. The van der Waals surface area contributed by atoms with Gasteiger partial charge in [-0.1, -0.05) is 15.9 Å². The summed E-state index contributed by atoms with van der Waals surface area (Å²) < 4.78 is 7.68. The zero-order chi connectivity index (χ0) is 16.8. The van der Waals surface area contributed by atoms with Crippen LogP contribution in [0.25, 0.3) is 5.69 Å². The highest BCUT2D eigenvalue weighted by Gasteiger charge is 2.30. The van der Waals surface area contributed by atoms with Gasteiger partial charge in [0.1, 0.15) is 5.60 Å². The van der Waals surface area contributed by atoms with Crippen LogP contribution in [-0.2, 0) is 11.2 Å². The van der Waals surface area contributed by atoms with Crippen LogP contribution in [0.1, 0.15) is 38.2 Å². The summed E-state index contributed by atoms with van der Waals surface area (Å²) in [5, 5.41) is 9.28. The monoisotopic (exact) mass is 380 g/mol. The molecule has 2 aromatic rings. The second-order valence-electron chi connectivity index (χ2n) is 6.40. The standard InChI is InChI=1S/C15H17BrN4O3/c1-15(2,3)23-14(22)17-10-7-8-6-9(16)4-5-11(8)20-12(10)18-19-13(20)21/h4-6,10H,7H2,1-3H3,(H,17,22)(H,19,21). The van der Waals surface area contributed by atoms with Crippen molar-refractivity contribution in [3.63, 3.8) is 0 Å². The van der Waals surface area contributed by atoms with Crippen LogP contribution in [-0.4, -0.2) is 26.5 Å². The summed E-state index contributed by atoms with van der Waals surface area (Å²) >= 11 is 3.43. The summed E-state index contributed by atoms with van der Waals surface area (Å²) in [5.74, 6) is 0.468. The maximum Gasteiger partial charge on any atom is 0.408 e. The fourth-order valence-corrected chi connectivity index (χ4v) is 3.00. The lowest BCUT2D eigenvalue weighted by molar-refractivity contribution is 0.0499. The number of halogens is 1. The highest BCUT2D eigenvalue weighted by Crippen LogP contribution is 2.30. The minimum Gasteiger partial charge on any atom is -0.444 e. The van der Waals surface area contributed by atoms with Gasteiger partial charge in [0.25, 0.3) is 0 Å². The normalized spacial score (nSPS) is 16.4. The van der Waals surface area contributed by atoms with Crippen molar-refractivity contribution >= 4 is 22.0 Å². The molecule has 122 valence electrons. The lowest BCUT2D eigenvalue weighted by atomic mass is 9.99. The fourth-order valence-electron chi connectivity index (χ4n) is 2.59. The number of carbonyl (C=O) groups excluding carboxylic acids is 1. The molecule has 0 spiro atoms. The van der Waals surface area contributed by atoms with Crippen molar-refractivity contribution in [3.05, 3.63) is 44.5 Å². The third-order valence-corrected chi connectivity index (χ3v) is 3.90. The molecule has 1 aliphatic heterocycles. The second kappa shape index (κ2) is 5.52. The van der Waals surface area contributed by atoms with Gasteiger partial charge in [-0.25, -0.2) is 19.3 Å². The van der Waals surface area contributed by atoms with E-state index in [-0.39, 0.29) is 5.69 Å². The minimum absolute atomic E-state index is 0.334. The number of rotatable bonds is 1. The van der Waals surface area contributed by atoms with Crippen molar-refractivity contribution in [1.29, 1.82) is 0 Å². The van der Waals surface area contributed by atoms with Crippen molar-refractivity contribution in [3.8, 4) is 5.69 Å². The van der Waals surface area contributed by atoms with E-state index in [1.54, 1.807) is 20.8 Å². The Morgan fingerprint density at radius 1 is 1.48 bits per heavy atom. The van der Waals surface area contributed by atoms with E-state index in [0.29, 0.717) is 12.2 Å². The van der Waals surface area contributed by atoms with Gasteiger partial charge in [-0.05, 0) is 44.5 Å². The van der Waals surface area contributed by atoms with Crippen LogP contribution in [0.5, 0.6) is 0 Å². The molecule has 23 heavy (non-hydrogen) atoms. The minimum atomic E-state index is -0.592. The summed E-state index contributed by atoms with van der Waals surface area (Å²) in [6.45, 7) is 5.39. The first-order valence-electron chi connectivity index (χ1n) is 7.20. The second-order valence-corrected chi connectivity index (χ2v) is 7.31. The molecule has 0 radical (unpaired) electrons. The summed E-state index contributed by atoms with van der Waals surface area (Å²) in [6.07, 6.45) is -0.0128. The molecule has 8 heteroatoms. The van der Waals surface area contributed by atoms with Crippen LogP contribution in [0.4, 0.5) is 4.79 Å². The number of nitrogens with zero attached hydrogens (tertiary/aromatic N) is 2. The maximum atomic E-state index is 12.1. The third kappa shape index (κ3) is 3.17. The number of aromatic amines is 1. The number of benzene rings is 1. The number of fused-ring (bicyclic) bond motifs is 3. The molecule has 0 saturated heterocycles. The quantitative estimate of drug-likeness (QED) is 0.794. The molecule has 0 fully saturated rings. The molecule has 1 aliphatic rings. The smallest absolute Gasteiger partial charge is 0.408 e. The van der Waals surface area contributed by atoms with Gasteiger partial charge in [0.15, 0.2) is 5.82 Å². The van der Waals surface area contributed by atoms with Crippen molar-refractivity contribution in [2.24, 2.45) is 0 Å². The average molecular weight is 381 g/mol. The lowest BCUT2D eigenvalue weighted by Crippen LogP contribution is -2.39. The molecule has 1 atom stereocenters. The Labute approximate surface area is 141 Å². The average Bonchev–Trinajstić information content (AvgIpc) is 2.79. The van der Waals surface area contributed by atoms with E-state index in [1.807, 2.05) is 18.2 Å². The van der Waals surface area contributed by atoms with E-state index in [1.165, 1.54) is 4.57 Å². The van der Waals surface area contributed by atoms with E-state index < -0.39 is 17.7 Å². The van der Waals surface area contributed by atoms with E-state index in [0.717, 1.165) is 15.7 Å². The number of hydrogen-bond donors (Lipinski definition) is 2. The first kappa shape index (κ1) is 15.8. The summed E-state index contributed by atoms with van der Waals surface area (Å²) in [6, 6.07) is 5.21. The van der Waals surface area contributed by atoms with E-state index in [9.17, 15) is 9.59 Å². The van der Waals surface area contributed by atoms with Crippen LogP contribution < -0.4 is 11.0 Å². The Morgan fingerprint density at radius 3 is 2.91 bits per heavy atom. The van der Waals surface area contributed by atoms with Crippen molar-refractivity contribution in [2.45, 2.75) is 38.8 Å². The molecule has 7 nitrogen and oxygen atoms in total. The zero-order valence-electron chi connectivity index (χ0n) is 13.0. The van der Waals surface area contributed by atoms with Crippen LogP contribution in [0, 0.1) is 0 Å². The molecule has 3 rings (SSSR count). The number of amides is 1. The molecule has 1 aromatic heterocycles. The van der Waals surface area contributed by atoms with Crippen molar-refractivity contribution in [1.82, 2.24) is 20.1 Å². The van der Waals surface area contributed by atoms with Crippen LogP contribution in [0.3, 0.4) is 0 Å². The molecule has 0 saturated carbocycles. The number of H-pyrrole nitrogens is 1. The predicted molar refractivity (Wildman–Crippen MR) is 87.7 cm³/mol. The molecule has 0 aliphatic carbocycles. The molecule has 1 amide bonds. The SMILES string of the molecule is CC(C)(C)OC(=O)NC1Cc2cc(Br)ccc2-n2c1n[nH]c2=O. The van der Waals surface area contributed by atoms with E-state index in [4.69, 9.17) is 4.74 Å². The first-order chi connectivity index (χ1) is 10.7. The molecule has 2 heterocycles. The molecular formula is C15H17BrN4O3.